The molecule has 1 saturated heterocycles. The fourth-order valence-corrected chi connectivity index (χ4v) is 4.81. The molecule has 188 valence electrons. The second-order valence-corrected chi connectivity index (χ2v) is 8.97. The molecule has 0 bridgehead atoms. The quantitative estimate of drug-likeness (QED) is 0.442. The SMILES string of the molecule is Cc1nc2cnc3ccc(-c4cnc(N)c(C(F)(F)F)c4)nc3c2n1C1CCN(C(=O)[C@@H](C)O)CC1. The van der Waals surface area contributed by atoms with Crippen molar-refractivity contribution in [2.24, 2.45) is 0 Å². The fraction of sp³-hybridized carbons (Fsp3) is 0.375. The number of hydrogen-bond donors (Lipinski definition) is 2. The third-order valence-electron chi connectivity index (χ3n) is 6.56. The number of aromatic nitrogens is 5. The molecule has 0 unspecified atom stereocenters. The molecule has 4 aromatic heterocycles. The highest BCUT2D eigenvalue weighted by atomic mass is 19.4. The summed E-state index contributed by atoms with van der Waals surface area (Å²) in [6, 6.07) is 4.28. The van der Waals surface area contributed by atoms with Crippen molar-refractivity contribution >= 4 is 33.8 Å². The molecular weight excluding hydrogens is 475 g/mol. The van der Waals surface area contributed by atoms with Gasteiger partial charge in [-0.2, -0.15) is 13.2 Å². The lowest BCUT2D eigenvalue weighted by Gasteiger charge is -2.34. The number of piperidine rings is 1. The number of aliphatic hydroxyl groups excluding tert-OH is 1. The zero-order chi connectivity index (χ0) is 25.8. The molecule has 12 heteroatoms. The van der Waals surface area contributed by atoms with Crippen molar-refractivity contribution in [1.29, 1.82) is 0 Å². The Kier molecular flexibility index (Phi) is 5.78. The van der Waals surface area contributed by atoms with Crippen molar-refractivity contribution in [2.75, 3.05) is 18.8 Å². The normalized spacial score (nSPS) is 16.1. The highest BCUT2D eigenvalue weighted by Crippen LogP contribution is 2.36. The topological polar surface area (TPSA) is 123 Å². The van der Waals surface area contributed by atoms with E-state index in [0.29, 0.717) is 48.2 Å². The summed E-state index contributed by atoms with van der Waals surface area (Å²) in [7, 11) is 0. The number of amides is 1. The first-order valence-corrected chi connectivity index (χ1v) is 11.5. The zero-order valence-electron chi connectivity index (χ0n) is 19.6. The minimum Gasteiger partial charge on any atom is -0.384 e. The predicted octanol–water partition coefficient (Wildman–Crippen LogP) is 3.50. The van der Waals surface area contributed by atoms with E-state index in [1.54, 1.807) is 23.2 Å². The van der Waals surface area contributed by atoms with Gasteiger partial charge in [0.1, 0.15) is 28.8 Å². The van der Waals surface area contributed by atoms with Gasteiger partial charge >= 0.3 is 6.18 Å². The molecule has 0 spiro atoms. The Bertz CT molecular complexity index is 1470. The number of fused-ring (bicyclic) bond motifs is 3. The number of imidazole rings is 1. The monoisotopic (exact) mass is 499 g/mol. The number of nitrogen functional groups attached to an aromatic ring is 1. The standard InChI is InChI=1S/C24H24F3N7O2/c1-12(35)23(36)33-7-5-15(6-8-33)34-13(2)31-19-11-29-18-4-3-17(32-20(18)21(19)34)14-9-16(24(25,26)27)22(28)30-10-14/h3-4,9-12,15,35H,5-8H2,1-2H3,(H2,28,30)/t12-/m1/s1. The number of aryl methyl sites for hydroxylation is 1. The van der Waals surface area contributed by atoms with Crippen molar-refractivity contribution in [1.82, 2.24) is 29.4 Å². The van der Waals surface area contributed by atoms with Gasteiger partial charge in [-0.05, 0) is 44.9 Å². The van der Waals surface area contributed by atoms with Gasteiger partial charge in [-0.3, -0.25) is 9.78 Å². The Morgan fingerprint density at radius 2 is 1.86 bits per heavy atom. The molecule has 0 saturated carbocycles. The van der Waals surface area contributed by atoms with Crippen molar-refractivity contribution in [3.8, 4) is 11.3 Å². The Morgan fingerprint density at radius 3 is 2.53 bits per heavy atom. The van der Waals surface area contributed by atoms with Crippen LogP contribution in [-0.4, -0.2) is 59.6 Å². The number of likely N-dealkylation sites (tertiary alicyclic amines) is 1. The van der Waals surface area contributed by atoms with Crippen molar-refractivity contribution in [3.63, 3.8) is 0 Å². The number of carbonyl (C=O) groups excluding carboxylic acids is 1. The summed E-state index contributed by atoms with van der Waals surface area (Å²) in [5.74, 6) is -0.137. The van der Waals surface area contributed by atoms with E-state index < -0.39 is 23.7 Å². The Balaban J connectivity index is 1.59. The van der Waals surface area contributed by atoms with E-state index in [1.165, 1.54) is 13.1 Å². The van der Waals surface area contributed by atoms with Gasteiger partial charge in [0.2, 0.25) is 0 Å². The highest BCUT2D eigenvalue weighted by molar-refractivity contribution is 6.00. The van der Waals surface area contributed by atoms with Crippen LogP contribution in [0.25, 0.3) is 33.3 Å². The lowest BCUT2D eigenvalue weighted by atomic mass is 10.0. The minimum absolute atomic E-state index is 0.0270. The van der Waals surface area contributed by atoms with Gasteiger partial charge in [0, 0.05) is 30.9 Å². The maximum absolute atomic E-state index is 13.4. The molecule has 1 atom stereocenters. The Morgan fingerprint density at radius 1 is 1.14 bits per heavy atom. The number of aliphatic hydroxyl groups is 1. The number of anilines is 1. The summed E-state index contributed by atoms with van der Waals surface area (Å²) < 4.78 is 42.2. The molecule has 4 aromatic rings. The first-order valence-electron chi connectivity index (χ1n) is 11.5. The van der Waals surface area contributed by atoms with Crippen molar-refractivity contribution in [2.45, 2.75) is 45.0 Å². The molecule has 1 aliphatic heterocycles. The van der Waals surface area contributed by atoms with Gasteiger partial charge < -0.3 is 20.3 Å². The average molecular weight is 499 g/mol. The molecule has 3 N–H and O–H groups in total. The summed E-state index contributed by atoms with van der Waals surface area (Å²) in [5, 5.41) is 9.63. The van der Waals surface area contributed by atoms with Gasteiger partial charge in [0.25, 0.3) is 5.91 Å². The van der Waals surface area contributed by atoms with E-state index in [2.05, 4.69) is 19.5 Å². The average Bonchev–Trinajstić information content (AvgIpc) is 3.19. The molecule has 5 rings (SSSR count). The molecule has 0 radical (unpaired) electrons. The van der Waals surface area contributed by atoms with Crippen LogP contribution in [0.5, 0.6) is 0 Å². The zero-order valence-corrected chi connectivity index (χ0v) is 19.6. The number of nitrogens with zero attached hydrogens (tertiary/aromatic N) is 6. The molecule has 1 aliphatic rings. The number of nitrogens with two attached hydrogens (primary N) is 1. The fourth-order valence-electron chi connectivity index (χ4n) is 4.81. The molecule has 0 aromatic carbocycles. The van der Waals surface area contributed by atoms with Gasteiger partial charge in [0.15, 0.2) is 0 Å². The molecule has 36 heavy (non-hydrogen) atoms. The lowest BCUT2D eigenvalue weighted by Crippen LogP contribution is -2.43. The van der Waals surface area contributed by atoms with E-state index in [0.717, 1.165) is 17.4 Å². The highest BCUT2D eigenvalue weighted by Gasteiger charge is 2.34. The molecule has 0 aliphatic carbocycles. The molecule has 9 nitrogen and oxygen atoms in total. The lowest BCUT2D eigenvalue weighted by molar-refractivity contribution is -0.140. The van der Waals surface area contributed by atoms with Crippen LogP contribution in [-0.2, 0) is 11.0 Å². The predicted molar refractivity (Wildman–Crippen MR) is 127 cm³/mol. The van der Waals surface area contributed by atoms with E-state index in [1.807, 2.05) is 6.92 Å². The summed E-state index contributed by atoms with van der Waals surface area (Å²) in [4.78, 5) is 31.3. The maximum Gasteiger partial charge on any atom is 0.419 e. The van der Waals surface area contributed by atoms with Crippen LogP contribution < -0.4 is 5.73 Å². The number of rotatable bonds is 3. The van der Waals surface area contributed by atoms with E-state index in [9.17, 15) is 23.1 Å². The van der Waals surface area contributed by atoms with Crippen LogP contribution >= 0.6 is 0 Å². The summed E-state index contributed by atoms with van der Waals surface area (Å²) in [6.07, 6.45) is -1.45. The second-order valence-electron chi connectivity index (χ2n) is 8.97. The number of hydrogen-bond acceptors (Lipinski definition) is 7. The van der Waals surface area contributed by atoms with Gasteiger partial charge in [-0.25, -0.2) is 15.0 Å². The number of halogens is 3. The summed E-state index contributed by atoms with van der Waals surface area (Å²) in [5.41, 5.74) is 7.38. The van der Waals surface area contributed by atoms with Crippen LogP contribution in [0.1, 0.15) is 37.2 Å². The van der Waals surface area contributed by atoms with Gasteiger partial charge in [-0.1, -0.05) is 0 Å². The van der Waals surface area contributed by atoms with Crippen LogP contribution in [0, 0.1) is 6.92 Å². The third-order valence-corrected chi connectivity index (χ3v) is 6.56. The van der Waals surface area contributed by atoms with Crippen molar-refractivity contribution in [3.05, 3.63) is 42.0 Å². The largest absolute Gasteiger partial charge is 0.419 e. The molecule has 1 fully saturated rings. The van der Waals surface area contributed by atoms with Crippen molar-refractivity contribution < 1.29 is 23.1 Å². The van der Waals surface area contributed by atoms with E-state index >= 15 is 0 Å². The van der Waals surface area contributed by atoms with Crippen LogP contribution in [0.3, 0.4) is 0 Å². The van der Waals surface area contributed by atoms with Gasteiger partial charge in [0.05, 0.1) is 28.5 Å². The van der Waals surface area contributed by atoms with Crippen LogP contribution in [0.4, 0.5) is 19.0 Å². The van der Waals surface area contributed by atoms with E-state index in [-0.39, 0.29) is 17.5 Å². The first kappa shape index (κ1) is 23.9. The van der Waals surface area contributed by atoms with Crippen LogP contribution in [0.2, 0.25) is 0 Å². The first-order chi connectivity index (χ1) is 17.0. The molecule has 5 heterocycles. The second kappa shape index (κ2) is 8.70. The molecular formula is C24H24F3N7O2. The number of carbonyl (C=O) groups is 1. The summed E-state index contributed by atoms with van der Waals surface area (Å²) >= 11 is 0. The van der Waals surface area contributed by atoms with Gasteiger partial charge in [-0.15, -0.1) is 0 Å². The Labute approximate surface area is 203 Å². The van der Waals surface area contributed by atoms with Crippen LogP contribution in [0.15, 0.2) is 30.6 Å². The Hall–Kier alpha value is -3.80. The number of alkyl halides is 3. The summed E-state index contributed by atoms with van der Waals surface area (Å²) in [6.45, 7) is 4.32. The number of pyridine rings is 3. The van der Waals surface area contributed by atoms with E-state index in [4.69, 9.17) is 10.7 Å². The maximum atomic E-state index is 13.4. The smallest absolute Gasteiger partial charge is 0.384 e. The minimum atomic E-state index is -4.64. The third kappa shape index (κ3) is 4.11. The molecule has 1 amide bonds.